The zero-order valence-electron chi connectivity index (χ0n) is 17.9. The summed E-state index contributed by atoms with van der Waals surface area (Å²) in [5.74, 6) is 0.743. The third-order valence-corrected chi connectivity index (χ3v) is 5.64. The first-order valence-corrected chi connectivity index (χ1v) is 10.3. The molecule has 1 fully saturated rings. The summed E-state index contributed by atoms with van der Waals surface area (Å²) in [5, 5.41) is 0. The van der Waals surface area contributed by atoms with Crippen LogP contribution in [0, 0.1) is 12.7 Å². The van der Waals surface area contributed by atoms with Gasteiger partial charge in [0.05, 0.1) is 31.5 Å². The second-order valence-corrected chi connectivity index (χ2v) is 7.65. The number of rotatable bonds is 5. The van der Waals surface area contributed by atoms with Gasteiger partial charge in [-0.2, -0.15) is 0 Å². The third kappa shape index (κ3) is 4.24. The first-order valence-electron chi connectivity index (χ1n) is 10.3. The van der Waals surface area contributed by atoms with E-state index in [1.165, 1.54) is 12.1 Å². The number of likely N-dealkylation sites (tertiary alicyclic amines) is 1. The van der Waals surface area contributed by atoms with Crippen molar-refractivity contribution in [2.75, 3.05) is 20.8 Å². The molecule has 4 rings (SSSR count). The molecule has 2 heterocycles. The predicted molar refractivity (Wildman–Crippen MR) is 117 cm³/mol. The van der Waals surface area contributed by atoms with Crippen molar-refractivity contribution in [1.29, 1.82) is 0 Å². The quantitative estimate of drug-likeness (QED) is 0.570. The first kappa shape index (κ1) is 20.8. The van der Waals surface area contributed by atoms with Gasteiger partial charge >= 0.3 is 0 Å². The standard InChI is InChI=1S/C25H25FN2O3/c1-16-13-18(17-6-8-19(26)9-7-17)14-22(27-16)23-5-4-12-28(23)25(29)21-15-20(30-2)10-11-24(21)31-3/h6-11,13-15,23H,4-5,12H2,1-3H3. The molecule has 3 aromatic rings. The van der Waals surface area contributed by atoms with Crippen molar-refractivity contribution in [3.8, 4) is 22.6 Å². The molecule has 0 saturated carbocycles. The number of hydrogen-bond donors (Lipinski definition) is 0. The second-order valence-electron chi connectivity index (χ2n) is 7.65. The van der Waals surface area contributed by atoms with E-state index in [1.807, 2.05) is 24.0 Å². The molecule has 31 heavy (non-hydrogen) atoms. The van der Waals surface area contributed by atoms with Gasteiger partial charge in [-0.1, -0.05) is 12.1 Å². The summed E-state index contributed by atoms with van der Waals surface area (Å²) in [6.45, 7) is 2.58. The zero-order valence-corrected chi connectivity index (χ0v) is 17.9. The monoisotopic (exact) mass is 420 g/mol. The molecule has 2 aromatic carbocycles. The Hall–Kier alpha value is -3.41. The van der Waals surface area contributed by atoms with Gasteiger partial charge in [0.15, 0.2) is 0 Å². The zero-order chi connectivity index (χ0) is 22.0. The van der Waals surface area contributed by atoms with Gasteiger partial charge in [-0.15, -0.1) is 0 Å². The Bertz CT molecular complexity index is 1100. The predicted octanol–water partition coefficient (Wildman–Crippen LogP) is 5.19. The highest BCUT2D eigenvalue weighted by atomic mass is 19.1. The smallest absolute Gasteiger partial charge is 0.258 e. The summed E-state index contributed by atoms with van der Waals surface area (Å²) >= 11 is 0. The van der Waals surface area contributed by atoms with Gasteiger partial charge in [-0.25, -0.2) is 4.39 Å². The fourth-order valence-corrected chi connectivity index (χ4v) is 4.13. The van der Waals surface area contributed by atoms with Crippen LogP contribution in [0.1, 0.15) is 40.6 Å². The van der Waals surface area contributed by atoms with E-state index in [2.05, 4.69) is 0 Å². The molecule has 1 aliphatic rings. The van der Waals surface area contributed by atoms with Crippen molar-refractivity contribution in [3.05, 3.63) is 77.4 Å². The maximum absolute atomic E-state index is 13.5. The summed E-state index contributed by atoms with van der Waals surface area (Å²) < 4.78 is 24.1. The van der Waals surface area contributed by atoms with Crippen LogP contribution in [0.5, 0.6) is 11.5 Å². The molecule has 1 atom stereocenters. The SMILES string of the molecule is COc1ccc(OC)c(C(=O)N2CCCC2c2cc(-c3ccc(F)cc3)cc(C)n2)c1. The molecule has 5 nitrogen and oxygen atoms in total. The van der Waals surface area contributed by atoms with E-state index >= 15 is 0 Å². The molecule has 1 aliphatic heterocycles. The summed E-state index contributed by atoms with van der Waals surface area (Å²) in [5.41, 5.74) is 4.04. The molecule has 160 valence electrons. The fourth-order valence-electron chi connectivity index (χ4n) is 4.13. The minimum Gasteiger partial charge on any atom is -0.497 e. The number of benzene rings is 2. The lowest BCUT2D eigenvalue weighted by atomic mass is 10.0. The summed E-state index contributed by atoms with van der Waals surface area (Å²) in [7, 11) is 3.12. The van der Waals surface area contributed by atoms with Crippen LogP contribution < -0.4 is 9.47 Å². The van der Waals surface area contributed by atoms with E-state index in [1.54, 1.807) is 44.6 Å². The molecule has 0 aliphatic carbocycles. The van der Waals surface area contributed by atoms with E-state index in [4.69, 9.17) is 14.5 Å². The Kier molecular flexibility index (Phi) is 5.89. The number of ether oxygens (including phenoxy) is 2. The average molecular weight is 420 g/mol. The van der Waals surface area contributed by atoms with Crippen molar-refractivity contribution in [1.82, 2.24) is 9.88 Å². The Morgan fingerprint density at radius 1 is 1.03 bits per heavy atom. The average Bonchev–Trinajstić information content (AvgIpc) is 3.28. The molecule has 1 unspecified atom stereocenters. The Balaban J connectivity index is 1.69. The van der Waals surface area contributed by atoms with Gasteiger partial charge in [0.2, 0.25) is 0 Å². The molecule has 1 saturated heterocycles. The lowest BCUT2D eigenvalue weighted by Gasteiger charge is -2.26. The number of carbonyl (C=O) groups excluding carboxylic acids is 1. The topological polar surface area (TPSA) is 51.7 Å². The Morgan fingerprint density at radius 2 is 1.81 bits per heavy atom. The fraction of sp³-hybridized carbons (Fsp3) is 0.280. The molecule has 1 aromatic heterocycles. The van der Waals surface area contributed by atoms with E-state index in [0.29, 0.717) is 23.6 Å². The summed E-state index contributed by atoms with van der Waals surface area (Å²) in [4.78, 5) is 20.1. The highest BCUT2D eigenvalue weighted by molar-refractivity contribution is 5.97. The second kappa shape index (κ2) is 8.76. The van der Waals surface area contributed by atoms with Gasteiger partial charge in [-0.3, -0.25) is 9.78 Å². The lowest BCUT2D eigenvalue weighted by Crippen LogP contribution is -2.31. The van der Waals surface area contributed by atoms with Gasteiger partial charge < -0.3 is 14.4 Å². The Morgan fingerprint density at radius 3 is 2.52 bits per heavy atom. The number of halogens is 1. The molecule has 6 heteroatoms. The first-order chi connectivity index (χ1) is 15.0. The number of carbonyl (C=O) groups is 1. The van der Waals surface area contributed by atoms with Crippen LogP contribution in [0.3, 0.4) is 0 Å². The minimum atomic E-state index is -0.269. The number of aromatic nitrogens is 1. The number of aryl methyl sites for hydroxylation is 1. The molecular weight excluding hydrogens is 395 g/mol. The van der Waals surface area contributed by atoms with Crippen LogP contribution in [0.25, 0.3) is 11.1 Å². The number of nitrogens with zero attached hydrogens (tertiary/aromatic N) is 2. The van der Waals surface area contributed by atoms with Crippen molar-refractivity contribution in [3.63, 3.8) is 0 Å². The molecular formula is C25H25FN2O3. The van der Waals surface area contributed by atoms with Crippen molar-refractivity contribution < 1.29 is 18.7 Å². The van der Waals surface area contributed by atoms with Crippen LogP contribution in [-0.4, -0.2) is 36.6 Å². The maximum atomic E-state index is 13.5. The van der Waals surface area contributed by atoms with Crippen LogP contribution in [0.2, 0.25) is 0 Å². The molecule has 0 radical (unpaired) electrons. The van der Waals surface area contributed by atoms with E-state index < -0.39 is 0 Å². The van der Waals surface area contributed by atoms with E-state index in [-0.39, 0.29) is 17.8 Å². The Labute approximate surface area is 181 Å². The summed E-state index contributed by atoms with van der Waals surface area (Å²) in [6.07, 6.45) is 1.72. The number of hydrogen-bond acceptors (Lipinski definition) is 4. The van der Waals surface area contributed by atoms with Crippen molar-refractivity contribution in [2.45, 2.75) is 25.8 Å². The number of methoxy groups -OCH3 is 2. The molecule has 0 N–H and O–H groups in total. The number of pyridine rings is 1. The largest absolute Gasteiger partial charge is 0.497 e. The van der Waals surface area contributed by atoms with Crippen LogP contribution in [-0.2, 0) is 0 Å². The highest BCUT2D eigenvalue weighted by Crippen LogP contribution is 2.36. The minimum absolute atomic E-state index is 0.107. The normalized spacial score (nSPS) is 15.7. The van der Waals surface area contributed by atoms with Gasteiger partial charge in [0.1, 0.15) is 17.3 Å². The third-order valence-electron chi connectivity index (χ3n) is 5.64. The van der Waals surface area contributed by atoms with E-state index in [0.717, 1.165) is 35.4 Å². The summed E-state index contributed by atoms with van der Waals surface area (Å²) in [6, 6.07) is 15.5. The van der Waals surface area contributed by atoms with Crippen molar-refractivity contribution >= 4 is 5.91 Å². The maximum Gasteiger partial charge on any atom is 0.258 e. The van der Waals surface area contributed by atoms with Gasteiger partial charge in [0.25, 0.3) is 5.91 Å². The van der Waals surface area contributed by atoms with Crippen LogP contribution in [0.15, 0.2) is 54.6 Å². The lowest BCUT2D eigenvalue weighted by molar-refractivity contribution is 0.0729. The van der Waals surface area contributed by atoms with Gasteiger partial charge in [-0.05, 0) is 73.4 Å². The van der Waals surface area contributed by atoms with E-state index in [9.17, 15) is 9.18 Å². The molecule has 1 amide bonds. The number of amides is 1. The van der Waals surface area contributed by atoms with Crippen LogP contribution >= 0.6 is 0 Å². The highest BCUT2D eigenvalue weighted by Gasteiger charge is 2.33. The molecule has 0 spiro atoms. The van der Waals surface area contributed by atoms with Crippen LogP contribution in [0.4, 0.5) is 4.39 Å². The van der Waals surface area contributed by atoms with Crippen molar-refractivity contribution in [2.24, 2.45) is 0 Å². The molecule has 0 bridgehead atoms. The van der Waals surface area contributed by atoms with Gasteiger partial charge in [0, 0.05) is 12.2 Å².